The van der Waals surface area contributed by atoms with Crippen molar-refractivity contribution in [2.45, 2.75) is 19.8 Å². The second kappa shape index (κ2) is 7.31. The quantitative estimate of drug-likeness (QED) is 0.707. The Bertz CT molecular complexity index is 1030. The van der Waals surface area contributed by atoms with E-state index in [1.165, 1.54) is 5.56 Å². The number of anilines is 4. The second-order valence-corrected chi connectivity index (χ2v) is 6.87. The minimum absolute atomic E-state index is 0.0744. The molecule has 6 heteroatoms. The average molecular weight is 373 g/mol. The summed E-state index contributed by atoms with van der Waals surface area (Å²) in [7, 11) is 1.78. The van der Waals surface area contributed by atoms with Gasteiger partial charge in [-0.25, -0.2) is 9.97 Å². The SMILES string of the molecule is CCN1c2ncccc2C(=O)N(C)c2ccc(CCc3cccc(N)c3)nc21. The molecule has 0 unspecified atom stereocenters. The van der Waals surface area contributed by atoms with Crippen molar-refractivity contribution in [3.05, 3.63) is 71.5 Å². The van der Waals surface area contributed by atoms with Crippen LogP contribution in [0.25, 0.3) is 0 Å². The molecule has 1 aromatic carbocycles. The molecule has 142 valence electrons. The first kappa shape index (κ1) is 18.0. The van der Waals surface area contributed by atoms with Crippen LogP contribution in [-0.2, 0) is 12.8 Å². The lowest BCUT2D eigenvalue weighted by Gasteiger charge is -2.23. The van der Waals surface area contributed by atoms with E-state index in [9.17, 15) is 4.79 Å². The fourth-order valence-electron chi connectivity index (χ4n) is 3.57. The summed E-state index contributed by atoms with van der Waals surface area (Å²) in [5.74, 6) is 1.34. The molecule has 1 aliphatic heterocycles. The summed E-state index contributed by atoms with van der Waals surface area (Å²) in [4.78, 5) is 26.0. The third kappa shape index (κ3) is 3.17. The molecule has 0 saturated heterocycles. The zero-order chi connectivity index (χ0) is 19.7. The van der Waals surface area contributed by atoms with Crippen molar-refractivity contribution in [3.63, 3.8) is 0 Å². The van der Waals surface area contributed by atoms with E-state index in [4.69, 9.17) is 10.7 Å². The number of carbonyl (C=O) groups excluding carboxylic acids is 1. The molecule has 1 aliphatic rings. The van der Waals surface area contributed by atoms with Crippen molar-refractivity contribution in [2.24, 2.45) is 0 Å². The Labute approximate surface area is 164 Å². The van der Waals surface area contributed by atoms with Crippen LogP contribution in [0.2, 0.25) is 0 Å². The van der Waals surface area contributed by atoms with Gasteiger partial charge in [-0.3, -0.25) is 4.79 Å². The van der Waals surface area contributed by atoms with Crippen LogP contribution in [0.3, 0.4) is 0 Å². The van der Waals surface area contributed by atoms with Crippen molar-refractivity contribution in [1.82, 2.24) is 9.97 Å². The van der Waals surface area contributed by atoms with E-state index in [2.05, 4.69) is 11.1 Å². The minimum atomic E-state index is -0.0744. The highest BCUT2D eigenvalue weighted by Gasteiger charge is 2.30. The van der Waals surface area contributed by atoms with Gasteiger partial charge in [0.1, 0.15) is 5.82 Å². The first-order valence-corrected chi connectivity index (χ1v) is 9.43. The number of aryl methyl sites for hydroxylation is 2. The number of hydrogen-bond donors (Lipinski definition) is 1. The molecule has 2 aromatic heterocycles. The van der Waals surface area contributed by atoms with Gasteiger partial charge in [0, 0.05) is 31.2 Å². The van der Waals surface area contributed by atoms with E-state index in [1.807, 2.05) is 48.2 Å². The fraction of sp³-hybridized carbons (Fsp3) is 0.227. The number of rotatable bonds is 4. The van der Waals surface area contributed by atoms with E-state index in [1.54, 1.807) is 24.2 Å². The zero-order valence-electron chi connectivity index (χ0n) is 16.1. The summed E-state index contributed by atoms with van der Waals surface area (Å²) in [5.41, 5.74) is 10.2. The number of pyridine rings is 2. The van der Waals surface area contributed by atoms with E-state index in [0.717, 1.165) is 35.7 Å². The van der Waals surface area contributed by atoms with Gasteiger partial charge in [-0.05, 0) is 61.7 Å². The van der Waals surface area contributed by atoms with Gasteiger partial charge in [-0.2, -0.15) is 0 Å². The van der Waals surface area contributed by atoms with Crippen LogP contribution in [0.15, 0.2) is 54.7 Å². The van der Waals surface area contributed by atoms with Crippen LogP contribution < -0.4 is 15.5 Å². The Morgan fingerprint density at radius 3 is 2.68 bits per heavy atom. The Hall–Kier alpha value is -3.41. The number of fused-ring (bicyclic) bond motifs is 2. The molecule has 0 atom stereocenters. The van der Waals surface area contributed by atoms with Crippen LogP contribution in [0.5, 0.6) is 0 Å². The summed E-state index contributed by atoms with van der Waals surface area (Å²) in [6.45, 7) is 2.71. The number of carbonyl (C=O) groups is 1. The molecule has 0 bridgehead atoms. The van der Waals surface area contributed by atoms with Crippen LogP contribution in [0.4, 0.5) is 23.0 Å². The third-order valence-corrected chi connectivity index (χ3v) is 5.04. The molecule has 0 fully saturated rings. The summed E-state index contributed by atoms with van der Waals surface area (Å²) in [5, 5.41) is 0. The maximum Gasteiger partial charge on any atom is 0.261 e. The molecule has 2 N–H and O–H groups in total. The van der Waals surface area contributed by atoms with Gasteiger partial charge in [0.05, 0.1) is 11.3 Å². The van der Waals surface area contributed by atoms with E-state index in [-0.39, 0.29) is 5.91 Å². The highest BCUT2D eigenvalue weighted by atomic mass is 16.2. The zero-order valence-corrected chi connectivity index (χ0v) is 16.1. The molecule has 28 heavy (non-hydrogen) atoms. The van der Waals surface area contributed by atoms with Crippen molar-refractivity contribution in [3.8, 4) is 0 Å². The Morgan fingerprint density at radius 1 is 1.04 bits per heavy atom. The minimum Gasteiger partial charge on any atom is -0.399 e. The molecule has 6 nitrogen and oxygen atoms in total. The number of nitrogens with zero attached hydrogens (tertiary/aromatic N) is 4. The summed E-state index contributed by atoms with van der Waals surface area (Å²) in [6.07, 6.45) is 3.36. The van der Waals surface area contributed by atoms with Crippen molar-refractivity contribution < 1.29 is 4.79 Å². The van der Waals surface area contributed by atoms with Gasteiger partial charge in [-0.15, -0.1) is 0 Å². The topological polar surface area (TPSA) is 75.4 Å². The Balaban J connectivity index is 1.71. The van der Waals surface area contributed by atoms with Crippen LogP contribution in [-0.4, -0.2) is 29.5 Å². The number of nitrogen functional groups attached to an aromatic ring is 1. The largest absolute Gasteiger partial charge is 0.399 e. The molecule has 4 rings (SSSR count). The maximum absolute atomic E-state index is 12.9. The maximum atomic E-state index is 12.9. The van der Waals surface area contributed by atoms with Gasteiger partial charge in [0.15, 0.2) is 5.82 Å². The molecular formula is C22H23N5O. The van der Waals surface area contributed by atoms with Gasteiger partial charge in [-0.1, -0.05) is 12.1 Å². The highest BCUT2D eigenvalue weighted by Crippen LogP contribution is 2.37. The first-order valence-electron chi connectivity index (χ1n) is 9.43. The second-order valence-electron chi connectivity index (χ2n) is 6.87. The van der Waals surface area contributed by atoms with Gasteiger partial charge >= 0.3 is 0 Å². The van der Waals surface area contributed by atoms with E-state index >= 15 is 0 Å². The molecule has 3 aromatic rings. The van der Waals surface area contributed by atoms with Gasteiger partial charge < -0.3 is 15.5 Å². The third-order valence-electron chi connectivity index (χ3n) is 5.04. The van der Waals surface area contributed by atoms with Gasteiger partial charge in [0.2, 0.25) is 0 Å². The number of aromatic nitrogens is 2. The van der Waals surface area contributed by atoms with Crippen molar-refractivity contribution in [1.29, 1.82) is 0 Å². The normalized spacial score (nSPS) is 13.1. The molecule has 0 radical (unpaired) electrons. The van der Waals surface area contributed by atoms with Crippen LogP contribution >= 0.6 is 0 Å². The number of benzene rings is 1. The predicted octanol–water partition coefficient (Wildman–Crippen LogP) is 3.59. The molecular weight excluding hydrogens is 350 g/mol. The molecule has 1 amide bonds. The number of nitrogens with two attached hydrogens (primary N) is 1. The Kier molecular flexibility index (Phi) is 4.69. The predicted molar refractivity (Wildman–Crippen MR) is 112 cm³/mol. The lowest BCUT2D eigenvalue weighted by molar-refractivity contribution is 0.0994. The lowest BCUT2D eigenvalue weighted by atomic mass is 10.1. The average Bonchev–Trinajstić information content (AvgIpc) is 2.80. The van der Waals surface area contributed by atoms with E-state index < -0.39 is 0 Å². The number of hydrogen-bond acceptors (Lipinski definition) is 5. The number of amides is 1. The lowest BCUT2D eigenvalue weighted by Crippen LogP contribution is -2.25. The van der Waals surface area contributed by atoms with Crippen LogP contribution in [0.1, 0.15) is 28.5 Å². The van der Waals surface area contributed by atoms with Crippen molar-refractivity contribution >= 4 is 28.9 Å². The van der Waals surface area contributed by atoms with E-state index in [0.29, 0.717) is 17.9 Å². The Morgan fingerprint density at radius 2 is 1.89 bits per heavy atom. The molecule has 0 aliphatic carbocycles. The summed E-state index contributed by atoms with van der Waals surface area (Å²) in [6, 6.07) is 15.5. The summed E-state index contributed by atoms with van der Waals surface area (Å²) >= 11 is 0. The standard InChI is InChI=1S/C22H23N5O/c1-3-27-20-18(8-5-13-24-20)22(28)26(2)19-12-11-17(25-21(19)27)10-9-15-6-4-7-16(23)14-15/h4-8,11-14H,3,9-10,23H2,1-2H3. The monoisotopic (exact) mass is 373 g/mol. The summed E-state index contributed by atoms with van der Waals surface area (Å²) < 4.78 is 0. The van der Waals surface area contributed by atoms with Crippen molar-refractivity contribution in [2.75, 3.05) is 29.1 Å². The molecule has 0 saturated carbocycles. The first-order chi connectivity index (χ1) is 13.6. The van der Waals surface area contributed by atoms with Gasteiger partial charge in [0.25, 0.3) is 5.91 Å². The highest BCUT2D eigenvalue weighted by molar-refractivity contribution is 6.12. The van der Waals surface area contributed by atoms with Crippen LogP contribution in [0, 0.1) is 0 Å². The molecule has 3 heterocycles. The smallest absolute Gasteiger partial charge is 0.261 e. The fourth-order valence-corrected chi connectivity index (χ4v) is 3.57. The molecule has 0 spiro atoms.